The highest BCUT2D eigenvalue weighted by atomic mass is 19.1. The fourth-order valence-corrected chi connectivity index (χ4v) is 2.26. The summed E-state index contributed by atoms with van der Waals surface area (Å²) in [7, 11) is 0. The largest absolute Gasteiger partial charge is 0.436 e. The average molecular weight is 263 g/mol. The van der Waals surface area contributed by atoms with Crippen molar-refractivity contribution in [3.8, 4) is 6.07 Å². The molecule has 2 heterocycles. The number of fused-ring (bicyclic) bond motifs is 1. The molecule has 2 aromatic rings. The van der Waals surface area contributed by atoms with E-state index in [2.05, 4.69) is 4.98 Å². The molecule has 4 nitrogen and oxygen atoms in total. The van der Waals surface area contributed by atoms with Crippen LogP contribution in [0.2, 0.25) is 0 Å². The lowest BCUT2D eigenvalue weighted by atomic mass is 10.0. The predicted molar refractivity (Wildman–Crippen MR) is 63.4 cm³/mol. The number of alkyl halides is 1. The second-order valence-electron chi connectivity index (χ2n) is 4.74. The molecule has 0 amide bonds. The van der Waals surface area contributed by atoms with Gasteiger partial charge >= 0.3 is 0 Å². The predicted octanol–water partition coefficient (Wildman–Crippen LogP) is 2.24. The number of oxazole rings is 1. The molecule has 1 aromatic heterocycles. The molecule has 6 heteroatoms. The number of aromatic nitrogens is 1. The van der Waals surface area contributed by atoms with Gasteiger partial charge in [-0.05, 0) is 12.1 Å². The molecule has 0 radical (unpaired) electrons. The standard InChI is InChI=1S/C13H11F2N3O/c14-3-9-5-18(6-9)7-12-17-11-2-8(4-16)1-10(15)13(11)19-12/h1-2,9H,3,5-7H2. The topological polar surface area (TPSA) is 53.1 Å². The van der Waals surface area contributed by atoms with Gasteiger partial charge in [0.2, 0.25) is 5.89 Å². The van der Waals surface area contributed by atoms with Crippen LogP contribution in [0.15, 0.2) is 16.5 Å². The van der Waals surface area contributed by atoms with Crippen molar-refractivity contribution in [3.63, 3.8) is 0 Å². The molecular formula is C13H11F2N3O. The Hall–Kier alpha value is -2.00. The van der Waals surface area contributed by atoms with Crippen LogP contribution in [0.3, 0.4) is 0 Å². The molecule has 1 aliphatic rings. The molecule has 3 rings (SSSR count). The van der Waals surface area contributed by atoms with E-state index in [-0.39, 0.29) is 23.7 Å². The summed E-state index contributed by atoms with van der Waals surface area (Å²) >= 11 is 0. The Kier molecular flexibility index (Phi) is 2.91. The first-order valence-corrected chi connectivity index (χ1v) is 5.97. The maximum Gasteiger partial charge on any atom is 0.209 e. The van der Waals surface area contributed by atoms with Crippen molar-refractivity contribution in [1.29, 1.82) is 5.26 Å². The van der Waals surface area contributed by atoms with Crippen molar-refractivity contribution in [3.05, 3.63) is 29.4 Å². The van der Waals surface area contributed by atoms with Gasteiger partial charge < -0.3 is 4.42 Å². The quantitative estimate of drug-likeness (QED) is 0.852. The summed E-state index contributed by atoms with van der Waals surface area (Å²) in [5, 5.41) is 8.76. The van der Waals surface area contributed by atoms with Gasteiger partial charge in [0.25, 0.3) is 0 Å². The van der Waals surface area contributed by atoms with Crippen molar-refractivity contribution in [2.45, 2.75) is 6.54 Å². The number of hydrogen-bond acceptors (Lipinski definition) is 4. The maximum absolute atomic E-state index is 13.6. The zero-order chi connectivity index (χ0) is 13.4. The Balaban J connectivity index is 1.82. The molecular weight excluding hydrogens is 252 g/mol. The third-order valence-electron chi connectivity index (χ3n) is 3.23. The first-order chi connectivity index (χ1) is 9.19. The van der Waals surface area contributed by atoms with Crippen LogP contribution in [0.25, 0.3) is 11.1 Å². The summed E-state index contributed by atoms with van der Waals surface area (Å²) in [6.45, 7) is 1.46. The highest BCUT2D eigenvalue weighted by molar-refractivity contribution is 5.75. The van der Waals surface area contributed by atoms with Gasteiger partial charge in [-0.3, -0.25) is 9.29 Å². The van der Waals surface area contributed by atoms with Crippen molar-refractivity contribution in [2.24, 2.45) is 5.92 Å². The molecule has 0 atom stereocenters. The molecule has 0 bridgehead atoms. The molecule has 98 valence electrons. The average Bonchev–Trinajstić information content (AvgIpc) is 2.76. The second kappa shape index (κ2) is 4.59. The number of nitrogens with zero attached hydrogens (tertiary/aromatic N) is 3. The zero-order valence-electron chi connectivity index (χ0n) is 10.1. The van der Waals surface area contributed by atoms with Crippen molar-refractivity contribution in [2.75, 3.05) is 19.8 Å². The number of nitriles is 1. The van der Waals surface area contributed by atoms with E-state index in [0.717, 1.165) is 6.07 Å². The first-order valence-electron chi connectivity index (χ1n) is 5.97. The summed E-state index contributed by atoms with van der Waals surface area (Å²) in [5.41, 5.74) is 0.622. The Morgan fingerprint density at radius 1 is 1.47 bits per heavy atom. The fourth-order valence-electron chi connectivity index (χ4n) is 2.26. The number of halogens is 2. The molecule has 1 saturated heterocycles. The third kappa shape index (κ3) is 2.17. The number of likely N-dealkylation sites (tertiary alicyclic amines) is 1. The van der Waals surface area contributed by atoms with Crippen LogP contribution in [-0.2, 0) is 6.54 Å². The lowest BCUT2D eigenvalue weighted by Gasteiger charge is -2.36. The molecule has 0 N–H and O–H groups in total. The van der Waals surface area contributed by atoms with Gasteiger partial charge in [0.05, 0.1) is 24.9 Å². The third-order valence-corrected chi connectivity index (χ3v) is 3.23. The SMILES string of the molecule is N#Cc1cc(F)c2oc(CN3CC(CF)C3)nc2c1. The lowest BCUT2D eigenvalue weighted by Crippen LogP contribution is -2.46. The van der Waals surface area contributed by atoms with Crippen LogP contribution in [-0.4, -0.2) is 29.6 Å². The monoisotopic (exact) mass is 263 g/mol. The highest BCUT2D eigenvalue weighted by Gasteiger charge is 2.27. The maximum atomic E-state index is 13.6. The van der Waals surface area contributed by atoms with E-state index in [1.165, 1.54) is 6.07 Å². The minimum absolute atomic E-state index is 0.0663. The van der Waals surface area contributed by atoms with E-state index in [9.17, 15) is 8.78 Å². The molecule has 1 fully saturated rings. The van der Waals surface area contributed by atoms with Gasteiger partial charge in [-0.15, -0.1) is 0 Å². The molecule has 1 aromatic carbocycles. The Morgan fingerprint density at radius 3 is 2.95 bits per heavy atom. The van der Waals surface area contributed by atoms with Gasteiger partial charge in [0.1, 0.15) is 5.52 Å². The molecule has 0 unspecified atom stereocenters. The van der Waals surface area contributed by atoms with Gasteiger partial charge in [-0.25, -0.2) is 9.37 Å². The van der Waals surface area contributed by atoms with E-state index < -0.39 is 5.82 Å². The van der Waals surface area contributed by atoms with Crippen LogP contribution in [0, 0.1) is 23.1 Å². The van der Waals surface area contributed by atoms with Gasteiger partial charge in [-0.1, -0.05) is 0 Å². The van der Waals surface area contributed by atoms with Gasteiger partial charge in [0, 0.05) is 19.0 Å². The second-order valence-corrected chi connectivity index (χ2v) is 4.74. The Morgan fingerprint density at radius 2 is 2.26 bits per heavy atom. The smallest absolute Gasteiger partial charge is 0.209 e. The van der Waals surface area contributed by atoms with Crippen molar-refractivity contribution < 1.29 is 13.2 Å². The minimum Gasteiger partial charge on any atom is -0.436 e. The van der Waals surface area contributed by atoms with E-state index in [4.69, 9.17) is 9.68 Å². The van der Waals surface area contributed by atoms with Gasteiger partial charge in [0.15, 0.2) is 11.4 Å². The molecule has 0 aliphatic carbocycles. The number of rotatable bonds is 3. The summed E-state index contributed by atoms with van der Waals surface area (Å²) in [6.07, 6.45) is 0. The Bertz CT molecular complexity index is 656. The minimum atomic E-state index is -0.585. The van der Waals surface area contributed by atoms with E-state index in [0.29, 0.717) is 31.0 Å². The number of benzene rings is 1. The van der Waals surface area contributed by atoms with Crippen LogP contribution in [0.5, 0.6) is 0 Å². The Labute approximate surface area is 108 Å². The number of hydrogen-bond donors (Lipinski definition) is 0. The van der Waals surface area contributed by atoms with Crippen LogP contribution in [0.4, 0.5) is 8.78 Å². The molecule has 1 aliphatic heterocycles. The van der Waals surface area contributed by atoms with E-state index in [1.807, 2.05) is 11.0 Å². The first kappa shape index (κ1) is 12.1. The molecule has 0 spiro atoms. The summed E-state index contributed by atoms with van der Waals surface area (Å²) in [6, 6.07) is 4.49. The van der Waals surface area contributed by atoms with Crippen LogP contribution < -0.4 is 0 Å². The summed E-state index contributed by atoms with van der Waals surface area (Å²) in [5.74, 6) is -0.106. The molecule has 0 saturated carbocycles. The summed E-state index contributed by atoms with van der Waals surface area (Å²) in [4.78, 5) is 6.15. The zero-order valence-corrected chi connectivity index (χ0v) is 10.1. The van der Waals surface area contributed by atoms with E-state index in [1.54, 1.807) is 0 Å². The van der Waals surface area contributed by atoms with Gasteiger partial charge in [-0.2, -0.15) is 5.26 Å². The van der Waals surface area contributed by atoms with Crippen LogP contribution >= 0.6 is 0 Å². The van der Waals surface area contributed by atoms with E-state index >= 15 is 0 Å². The summed E-state index contributed by atoms with van der Waals surface area (Å²) < 4.78 is 31.3. The lowest BCUT2D eigenvalue weighted by molar-refractivity contribution is 0.0660. The highest BCUT2D eigenvalue weighted by Crippen LogP contribution is 2.24. The van der Waals surface area contributed by atoms with Crippen molar-refractivity contribution >= 4 is 11.1 Å². The van der Waals surface area contributed by atoms with Crippen molar-refractivity contribution in [1.82, 2.24) is 9.88 Å². The normalized spacial score (nSPS) is 16.5. The van der Waals surface area contributed by atoms with Crippen LogP contribution in [0.1, 0.15) is 11.5 Å². The fraction of sp³-hybridized carbons (Fsp3) is 0.385. The molecule has 19 heavy (non-hydrogen) atoms.